The number of rotatable bonds is 5. The minimum Gasteiger partial charge on any atom is -0.392 e. The van der Waals surface area contributed by atoms with Gasteiger partial charge in [0, 0.05) is 17.1 Å². The van der Waals surface area contributed by atoms with Crippen LogP contribution in [0.2, 0.25) is 5.02 Å². The lowest BCUT2D eigenvalue weighted by molar-refractivity contribution is -0.123. The van der Waals surface area contributed by atoms with Crippen LogP contribution in [-0.2, 0) is 4.79 Å². The summed E-state index contributed by atoms with van der Waals surface area (Å²) in [6, 6.07) is 5.70. The molecule has 19 heavy (non-hydrogen) atoms. The SMILES string of the molecule is CC(O)CNC(=O)C(C)NC(=O)c1ccc(Cl)cc1. The van der Waals surface area contributed by atoms with E-state index in [1.165, 1.54) is 0 Å². The molecule has 0 aliphatic rings. The molecule has 2 amide bonds. The van der Waals surface area contributed by atoms with Crippen LogP contribution in [0.5, 0.6) is 0 Å². The Bertz CT molecular complexity index is 446. The van der Waals surface area contributed by atoms with Gasteiger partial charge in [-0.15, -0.1) is 0 Å². The van der Waals surface area contributed by atoms with Gasteiger partial charge in [0.15, 0.2) is 0 Å². The summed E-state index contributed by atoms with van der Waals surface area (Å²) in [5.74, 6) is -0.695. The van der Waals surface area contributed by atoms with Crippen molar-refractivity contribution < 1.29 is 14.7 Å². The maximum absolute atomic E-state index is 11.8. The van der Waals surface area contributed by atoms with Gasteiger partial charge in [-0.25, -0.2) is 0 Å². The number of carbonyl (C=O) groups excluding carboxylic acids is 2. The largest absolute Gasteiger partial charge is 0.392 e. The minimum atomic E-state index is -0.679. The van der Waals surface area contributed by atoms with Crippen LogP contribution in [0.15, 0.2) is 24.3 Å². The summed E-state index contributed by atoms with van der Waals surface area (Å²) in [5, 5.41) is 14.7. The molecule has 0 spiro atoms. The Hall–Kier alpha value is -1.59. The Balaban J connectivity index is 2.51. The lowest BCUT2D eigenvalue weighted by Crippen LogP contribution is -2.46. The van der Waals surface area contributed by atoms with Crippen LogP contribution in [0.25, 0.3) is 0 Å². The van der Waals surface area contributed by atoms with E-state index < -0.39 is 12.1 Å². The predicted molar refractivity (Wildman–Crippen MR) is 73.1 cm³/mol. The van der Waals surface area contributed by atoms with Crippen LogP contribution >= 0.6 is 11.6 Å². The molecular formula is C13H17ClN2O3. The first-order chi connectivity index (χ1) is 8.90. The van der Waals surface area contributed by atoms with E-state index in [0.29, 0.717) is 10.6 Å². The second kappa shape index (κ2) is 7.11. The molecule has 0 aromatic heterocycles. The number of hydrogen-bond donors (Lipinski definition) is 3. The smallest absolute Gasteiger partial charge is 0.251 e. The van der Waals surface area contributed by atoms with Crippen molar-refractivity contribution in [2.24, 2.45) is 0 Å². The van der Waals surface area contributed by atoms with Gasteiger partial charge in [0.2, 0.25) is 5.91 Å². The summed E-state index contributed by atoms with van der Waals surface area (Å²) in [7, 11) is 0. The van der Waals surface area contributed by atoms with Crippen LogP contribution < -0.4 is 10.6 Å². The topological polar surface area (TPSA) is 78.4 Å². The molecule has 0 saturated carbocycles. The zero-order valence-corrected chi connectivity index (χ0v) is 11.6. The number of benzene rings is 1. The number of hydrogen-bond acceptors (Lipinski definition) is 3. The van der Waals surface area contributed by atoms with E-state index >= 15 is 0 Å². The fraction of sp³-hybridized carbons (Fsp3) is 0.385. The second-order valence-corrected chi connectivity index (χ2v) is 4.73. The maximum Gasteiger partial charge on any atom is 0.251 e. The van der Waals surface area contributed by atoms with E-state index in [0.717, 1.165) is 0 Å². The Morgan fingerprint density at radius 2 is 1.84 bits per heavy atom. The van der Waals surface area contributed by atoms with E-state index in [9.17, 15) is 9.59 Å². The monoisotopic (exact) mass is 284 g/mol. The van der Waals surface area contributed by atoms with Crippen LogP contribution in [0.4, 0.5) is 0 Å². The highest BCUT2D eigenvalue weighted by Crippen LogP contribution is 2.09. The quantitative estimate of drug-likeness (QED) is 0.753. The standard InChI is InChI=1S/C13H17ClN2O3/c1-8(17)7-15-12(18)9(2)16-13(19)10-3-5-11(14)6-4-10/h3-6,8-9,17H,7H2,1-2H3,(H,15,18)(H,16,19). The highest BCUT2D eigenvalue weighted by molar-refractivity contribution is 6.30. The van der Waals surface area contributed by atoms with E-state index in [1.54, 1.807) is 38.1 Å². The van der Waals surface area contributed by atoms with Crippen molar-refractivity contribution in [2.45, 2.75) is 26.0 Å². The van der Waals surface area contributed by atoms with E-state index in [-0.39, 0.29) is 18.4 Å². The summed E-state index contributed by atoms with van der Waals surface area (Å²) in [5.41, 5.74) is 0.430. The Kier molecular flexibility index (Phi) is 5.79. The average molecular weight is 285 g/mol. The zero-order valence-electron chi connectivity index (χ0n) is 10.8. The van der Waals surface area contributed by atoms with Crippen molar-refractivity contribution in [2.75, 3.05) is 6.54 Å². The van der Waals surface area contributed by atoms with Gasteiger partial charge in [0.25, 0.3) is 5.91 Å². The van der Waals surface area contributed by atoms with Crippen molar-refractivity contribution in [3.8, 4) is 0 Å². The van der Waals surface area contributed by atoms with Crippen LogP contribution in [-0.4, -0.2) is 35.6 Å². The normalized spacial score (nSPS) is 13.5. The van der Waals surface area contributed by atoms with Gasteiger partial charge in [-0.05, 0) is 38.1 Å². The average Bonchev–Trinajstić information content (AvgIpc) is 2.36. The molecule has 0 heterocycles. The Labute approximate surface area is 117 Å². The summed E-state index contributed by atoms with van der Waals surface area (Å²) in [4.78, 5) is 23.4. The molecule has 1 aromatic carbocycles. The van der Waals surface area contributed by atoms with Gasteiger partial charge < -0.3 is 15.7 Å². The fourth-order valence-electron chi connectivity index (χ4n) is 1.35. The van der Waals surface area contributed by atoms with Gasteiger partial charge in [-0.2, -0.15) is 0 Å². The third kappa shape index (κ3) is 5.28. The summed E-state index contributed by atoms with van der Waals surface area (Å²) >= 11 is 5.72. The molecular weight excluding hydrogens is 268 g/mol. The van der Waals surface area contributed by atoms with Crippen molar-refractivity contribution in [1.29, 1.82) is 0 Å². The predicted octanol–water partition coefficient (Wildman–Crippen LogP) is 0.955. The number of aliphatic hydroxyl groups is 1. The first kappa shape index (κ1) is 15.5. The van der Waals surface area contributed by atoms with Crippen molar-refractivity contribution in [3.63, 3.8) is 0 Å². The molecule has 0 aliphatic carbocycles. The van der Waals surface area contributed by atoms with E-state index in [2.05, 4.69) is 10.6 Å². The highest BCUT2D eigenvalue weighted by Gasteiger charge is 2.16. The molecule has 104 valence electrons. The number of amides is 2. The van der Waals surface area contributed by atoms with Gasteiger partial charge in [0.1, 0.15) is 6.04 Å². The fourth-order valence-corrected chi connectivity index (χ4v) is 1.47. The van der Waals surface area contributed by atoms with Gasteiger partial charge in [0.05, 0.1) is 6.10 Å². The van der Waals surface area contributed by atoms with Crippen LogP contribution in [0.1, 0.15) is 24.2 Å². The third-order valence-electron chi connectivity index (χ3n) is 2.42. The molecule has 0 saturated heterocycles. The molecule has 3 N–H and O–H groups in total. The summed E-state index contributed by atoms with van der Waals surface area (Å²) in [6.45, 7) is 3.29. The van der Waals surface area contributed by atoms with Gasteiger partial charge in [-0.3, -0.25) is 9.59 Å². The second-order valence-electron chi connectivity index (χ2n) is 4.30. The highest BCUT2D eigenvalue weighted by atomic mass is 35.5. The first-order valence-electron chi connectivity index (χ1n) is 5.92. The molecule has 6 heteroatoms. The van der Waals surface area contributed by atoms with Crippen molar-refractivity contribution in [3.05, 3.63) is 34.9 Å². The van der Waals surface area contributed by atoms with E-state index in [1.807, 2.05) is 0 Å². The Morgan fingerprint density at radius 1 is 1.26 bits per heavy atom. The van der Waals surface area contributed by atoms with Crippen molar-refractivity contribution in [1.82, 2.24) is 10.6 Å². The molecule has 1 aromatic rings. The lowest BCUT2D eigenvalue weighted by atomic mass is 10.2. The van der Waals surface area contributed by atoms with Crippen LogP contribution in [0, 0.1) is 0 Å². The first-order valence-corrected chi connectivity index (χ1v) is 6.30. The summed E-state index contributed by atoms with van der Waals surface area (Å²) in [6.07, 6.45) is -0.622. The van der Waals surface area contributed by atoms with E-state index in [4.69, 9.17) is 16.7 Å². The molecule has 2 atom stereocenters. The number of halogens is 1. The maximum atomic E-state index is 11.8. The number of carbonyl (C=O) groups is 2. The minimum absolute atomic E-state index is 0.153. The number of nitrogens with one attached hydrogen (secondary N) is 2. The Morgan fingerprint density at radius 3 is 2.37 bits per heavy atom. The molecule has 5 nitrogen and oxygen atoms in total. The molecule has 0 fully saturated rings. The van der Waals surface area contributed by atoms with Crippen LogP contribution in [0.3, 0.4) is 0 Å². The lowest BCUT2D eigenvalue weighted by Gasteiger charge is -2.15. The molecule has 0 bridgehead atoms. The van der Waals surface area contributed by atoms with Gasteiger partial charge in [-0.1, -0.05) is 11.6 Å². The molecule has 0 aliphatic heterocycles. The van der Waals surface area contributed by atoms with Gasteiger partial charge >= 0.3 is 0 Å². The third-order valence-corrected chi connectivity index (χ3v) is 2.67. The molecule has 1 rings (SSSR count). The zero-order chi connectivity index (χ0) is 14.4. The summed E-state index contributed by atoms with van der Waals surface area (Å²) < 4.78 is 0. The molecule has 0 radical (unpaired) electrons. The number of aliphatic hydroxyl groups excluding tert-OH is 1. The van der Waals surface area contributed by atoms with Crippen molar-refractivity contribution >= 4 is 23.4 Å². The molecule has 2 unspecified atom stereocenters.